The summed E-state index contributed by atoms with van der Waals surface area (Å²) in [5.41, 5.74) is 5.69. The van der Waals surface area contributed by atoms with Crippen LogP contribution in [0.25, 0.3) is 0 Å². The van der Waals surface area contributed by atoms with Crippen LogP contribution in [0.2, 0.25) is 0 Å². The maximum Gasteiger partial charge on any atom is 0.305 e. The predicted octanol–water partition coefficient (Wildman–Crippen LogP) is -0.786. The fourth-order valence-electron chi connectivity index (χ4n) is 2.22. The van der Waals surface area contributed by atoms with Crippen molar-refractivity contribution in [3.05, 3.63) is 0 Å². The summed E-state index contributed by atoms with van der Waals surface area (Å²) >= 11 is 0. The van der Waals surface area contributed by atoms with E-state index >= 15 is 0 Å². The number of nitrogens with two attached hydrogens (primary N) is 1. The van der Waals surface area contributed by atoms with Gasteiger partial charge >= 0.3 is 5.97 Å². The van der Waals surface area contributed by atoms with Gasteiger partial charge in [0, 0.05) is 18.8 Å². The van der Waals surface area contributed by atoms with Crippen LogP contribution >= 0.6 is 0 Å². The normalized spacial score (nSPS) is 21.4. The second-order valence-electron chi connectivity index (χ2n) is 4.95. The Kier molecular flexibility index (Phi) is 5.30. The molecular formula is C11H20N2O5S. The van der Waals surface area contributed by atoms with Crippen molar-refractivity contribution in [1.29, 1.82) is 0 Å². The summed E-state index contributed by atoms with van der Waals surface area (Å²) in [5.74, 6) is -1.45. The van der Waals surface area contributed by atoms with Crippen molar-refractivity contribution in [2.75, 3.05) is 18.6 Å². The summed E-state index contributed by atoms with van der Waals surface area (Å²) in [7, 11) is -3.15. The second-order valence-corrected chi connectivity index (χ2v) is 7.21. The number of sulfone groups is 1. The van der Waals surface area contributed by atoms with E-state index in [-0.39, 0.29) is 30.5 Å². The molecule has 2 unspecified atom stereocenters. The fraction of sp³-hybridized carbons (Fsp3) is 0.818. The maximum atomic E-state index is 12.1. The van der Waals surface area contributed by atoms with E-state index in [9.17, 15) is 18.0 Å². The standard InChI is InChI=1S/C11H20N2O5S/c1-19(17,18)6-4-9(12)11(16)13-5-2-3-8(13)7-10(14)15/h8-9H,2-7,12H2,1H3,(H,14,15). The number of nitrogens with zero attached hydrogens (tertiary/aromatic N) is 1. The lowest BCUT2D eigenvalue weighted by atomic mass is 10.1. The third-order valence-electron chi connectivity index (χ3n) is 3.19. The van der Waals surface area contributed by atoms with Crippen LogP contribution in [0.1, 0.15) is 25.7 Å². The monoisotopic (exact) mass is 292 g/mol. The Morgan fingerprint density at radius 2 is 2.11 bits per heavy atom. The molecule has 0 radical (unpaired) electrons. The molecule has 0 aromatic heterocycles. The highest BCUT2D eigenvalue weighted by atomic mass is 32.2. The largest absolute Gasteiger partial charge is 0.481 e. The zero-order valence-corrected chi connectivity index (χ0v) is 11.7. The number of amides is 1. The number of carboxylic acids is 1. The van der Waals surface area contributed by atoms with E-state index in [0.717, 1.165) is 12.7 Å². The van der Waals surface area contributed by atoms with E-state index in [1.807, 2.05) is 0 Å². The van der Waals surface area contributed by atoms with Crippen molar-refractivity contribution in [3.63, 3.8) is 0 Å². The molecule has 0 aromatic rings. The van der Waals surface area contributed by atoms with Crippen molar-refractivity contribution in [1.82, 2.24) is 4.90 Å². The first-order chi connectivity index (χ1) is 8.70. The Morgan fingerprint density at radius 3 is 2.63 bits per heavy atom. The van der Waals surface area contributed by atoms with Crippen LogP contribution in [0.3, 0.4) is 0 Å². The van der Waals surface area contributed by atoms with Gasteiger partial charge in [-0.1, -0.05) is 0 Å². The molecule has 1 rings (SSSR count). The molecule has 7 nitrogen and oxygen atoms in total. The van der Waals surface area contributed by atoms with Gasteiger partial charge in [-0.2, -0.15) is 0 Å². The average molecular weight is 292 g/mol. The molecule has 0 aliphatic carbocycles. The van der Waals surface area contributed by atoms with E-state index in [4.69, 9.17) is 10.8 Å². The quantitative estimate of drug-likeness (QED) is 0.662. The molecule has 8 heteroatoms. The number of aliphatic carboxylic acids is 1. The van der Waals surface area contributed by atoms with Crippen molar-refractivity contribution >= 4 is 21.7 Å². The number of carboxylic acid groups (broad SMARTS) is 1. The molecule has 110 valence electrons. The Balaban J connectivity index is 2.58. The Morgan fingerprint density at radius 1 is 1.47 bits per heavy atom. The van der Waals surface area contributed by atoms with Gasteiger partial charge in [0.1, 0.15) is 9.84 Å². The van der Waals surface area contributed by atoms with Gasteiger partial charge in [0.25, 0.3) is 0 Å². The SMILES string of the molecule is CS(=O)(=O)CCC(N)C(=O)N1CCCC1CC(=O)O. The van der Waals surface area contributed by atoms with Gasteiger partial charge in [0.2, 0.25) is 5.91 Å². The summed E-state index contributed by atoms with van der Waals surface area (Å²) in [6.07, 6.45) is 2.46. The predicted molar refractivity (Wildman–Crippen MR) is 69.3 cm³/mol. The number of carbonyl (C=O) groups is 2. The molecular weight excluding hydrogens is 272 g/mol. The molecule has 1 fully saturated rings. The number of likely N-dealkylation sites (tertiary alicyclic amines) is 1. The van der Waals surface area contributed by atoms with Crippen LogP contribution in [0.4, 0.5) is 0 Å². The minimum Gasteiger partial charge on any atom is -0.481 e. The zero-order chi connectivity index (χ0) is 14.6. The van der Waals surface area contributed by atoms with Gasteiger partial charge in [-0.15, -0.1) is 0 Å². The van der Waals surface area contributed by atoms with Crippen LogP contribution in [0.5, 0.6) is 0 Å². The number of rotatable bonds is 6. The van der Waals surface area contributed by atoms with Gasteiger partial charge in [0.15, 0.2) is 0 Å². The van der Waals surface area contributed by atoms with Gasteiger partial charge < -0.3 is 15.7 Å². The van der Waals surface area contributed by atoms with E-state index in [1.165, 1.54) is 4.90 Å². The minimum absolute atomic E-state index is 0.0635. The third kappa shape index (κ3) is 5.15. The van der Waals surface area contributed by atoms with Crippen LogP contribution in [0.15, 0.2) is 0 Å². The molecule has 0 aromatic carbocycles. The zero-order valence-electron chi connectivity index (χ0n) is 10.9. The number of hydrogen-bond acceptors (Lipinski definition) is 5. The summed E-state index contributed by atoms with van der Waals surface area (Å²) < 4.78 is 22.1. The fourth-order valence-corrected chi connectivity index (χ4v) is 2.90. The van der Waals surface area contributed by atoms with Gasteiger partial charge in [-0.3, -0.25) is 9.59 Å². The van der Waals surface area contributed by atoms with E-state index in [2.05, 4.69) is 0 Å². The van der Waals surface area contributed by atoms with Crippen LogP contribution in [-0.4, -0.2) is 60.9 Å². The average Bonchev–Trinajstić information content (AvgIpc) is 2.71. The van der Waals surface area contributed by atoms with Crippen molar-refractivity contribution in [2.45, 2.75) is 37.8 Å². The first-order valence-corrected chi connectivity index (χ1v) is 8.22. The third-order valence-corrected chi connectivity index (χ3v) is 4.16. The first-order valence-electron chi connectivity index (χ1n) is 6.16. The lowest BCUT2D eigenvalue weighted by Crippen LogP contribution is -2.47. The molecule has 0 bridgehead atoms. The van der Waals surface area contributed by atoms with Crippen LogP contribution in [0, 0.1) is 0 Å². The molecule has 3 N–H and O–H groups in total. The summed E-state index contributed by atoms with van der Waals surface area (Å²) in [5, 5.41) is 8.77. The van der Waals surface area contributed by atoms with Gasteiger partial charge in [-0.05, 0) is 19.3 Å². The number of carbonyl (C=O) groups excluding carboxylic acids is 1. The van der Waals surface area contributed by atoms with E-state index < -0.39 is 21.8 Å². The molecule has 1 heterocycles. The molecule has 1 aliphatic rings. The highest BCUT2D eigenvalue weighted by Gasteiger charge is 2.32. The van der Waals surface area contributed by atoms with Gasteiger partial charge in [0.05, 0.1) is 18.2 Å². The smallest absolute Gasteiger partial charge is 0.305 e. The Bertz CT molecular complexity index is 448. The molecule has 0 saturated carbocycles. The maximum absolute atomic E-state index is 12.1. The summed E-state index contributed by atoms with van der Waals surface area (Å²) in [4.78, 5) is 24.2. The van der Waals surface area contributed by atoms with E-state index in [0.29, 0.717) is 13.0 Å². The van der Waals surface area contributed by atoms with Crippen molar-refractivity contribution in [2.24, 2.45) is 5.73 Å². The van der Waals surface area contributed by atoms with Crippen molar-refractivity contribution in [3.8, 4) is 0 Å². The second kappa shape index (κ2) is 6.33. The van der Waals surface area contributed by atoms with Crippen LogP contribution in [-0.2, 0) is 19.4 Å². The topological polar surface area (TPSA) is 118 Å². The lowest BCUT2D eigenvalue weighted by Gasteiger charge is -2.26. The van der Waals surface area contributed by atoms with Crippen LogP contribution < -0.4 is 5.73 Å². The molecule has 2 atom stereocenters. The summed E-state index contributed by atoms with van der Waals surface area (Å²) in [6.45, 7) is 0.489. The van der Waals surface area contributed by atoms with Gasteiger partial charge in [-0.25, -0.2) is 8.42 Å². The molecule has 1 amide bonds. The molecule has 19 heavy (non-hydrogen) atoms. The molecule has 0 spiro atoms. The Labute approximate surface area is 112 Å². The van der Waals surface area contributed by atoms with Crippen molar-refractivity contribution < 1.29 is 23.1 Å². The molecule has 1 saturated heterocycles. The lowest BCUT2D eigenvalue weighted by molar-refractivity contribution is -0.140. The summed E-state index contributed by atoms with van der Waals surface area (Å²) in [6, 6.07) is -1.21. The Hall–Kier alpha value is -1.15. The van der Waals surface area contributed by atoms with E-state index in [1.54, 1.807) is 0 Å². The highest BCUT2D eigenvalue weighted by molar-refractivity contribution is 7.90. The number of hydrogen-bond donors (Lipinski definition) is 2. The first kappa shape index (κ1) is 15.9. The highest BCUT2D eigenvalue weighted by Crippen LogP contribution is 2.21. The minimum atomic E-state index is -3.15. The molecule has 1 aliphatic heterocycles.